The Balaban J connectivity index is 1.60. The van der Waals surface area contributed by atoms with Gasteiger partial charge in [0.05, 0.1) is 0 Å². The molecule has 0 heteroatoms. The molecule has 5 aliphatic carbocycles. The number of fused-ring (bicyclic) bond motifs is 12. The highest BCUT2D eigenvalue weighted by Crippen LogP contribution is 2.77. The van der Waals surface area contributed by atoms with Gasteiger partial charge >= 0.3 is 0 Å². The lowest BCUT2D eigenvalue weighted by Crippen LogP contribution is -2.30. The minimum atomic E-state index is 1.05. The molecule has 0 radical (unpaired) electrons. The average molecular weight is 214 g/mol. The third-order valence-corrected chi connectivity index (χ3v) is 7.11. The van der Waals surface area contributed by atoms with Crippen molar-refractivity contribution in [2.45, 2.75) is 39.5 Å². The zero-order valence-corrected chi connectivity index (χ0v) is 10.4. The van der Waals surface area contributed by atoms with Gasteiger partial charge in [0.25, 0.3) is 0 Å². The Morgan fingerprint density at radius 2 is 1.56 bits per heavy atom. The number of allylic oxidation sites excluding steroid dienone is 2. The molecule has 0 heterocycles. The van der Waals surface area contributed by atoms with Crippen LogP contribution in [-0.4, -0.2) is 0 Å². The molecule has 5 fully saturated rings. The zero-order chi connectivity index (χ0) is 10.6. The summed E-state index contributed by atoms with van der Waals surface area (Å²) in [5, 5.41) is 0. The molecule has 0 nitrogen and oxygen atoms in total. The van der Waals surface area contributed by atoms with Crippen molar-refractivity contribution in [1.29, 1.82) is 0 Å². The minimum absolute atomic E-state index is 1.05. The number of hydrogen-bond donors (Lipinski definition) is 0. The van der Waals surface area contributed by atoms with E-state index in [1.807, 2.05) is 5.57 Å². The number of rotatable bonds is 0. The highest BCUT2D eigenvalue weighted by molar-refractivity contribution is 5.30. The summed E-state index contributed by atoms with van der Waals surface area (Å²) in [4.78, 5) is 0. The summed E-state index contributed by atoms with van der Waals surface area (Å²) in [6.45, 7) is 4.72. The molecule has 4 bridgehead atoms. The van der Waals surface area contributed by atoms with Crippen LogP contribution < -0.4 is 0 Å². The summed E-state index contributed by atoms with van der Waals surface area (Å²) in [5.41, 5.74) is 3.57. The van der Waals surface area contributed by atoms with Crippen LogP contribution in [0.2, 0.25) is 0 Å². The molecule has 0 aromatic carbocycles. The fourth-order valence-corrected chi connectivity index (χ4v) is 6.81. The van der Waals surface area contributed by atoms with Crippen molar-refractivity contribution in [1.82, 2.24) is 0 Å². The van der Waals surface area contributed by atoms with E-state index in [4.69, 9.17) is 0 Å². The molecule has 0 spiro atoms. The summed E-state index contributed by atoms with van der Waals surface area (Å²) in [6, 6.07) is 0. The summed E-state index contributed by atoms with van der Waals surface area (Å²) in [6.07, 6.45) is 6.36. The van der Waals surface area contributed by atoms with Gasteiger partial charge in [0.1, 0.15) is 0 Å². The van der Waals surface area contributed by atoms with Crippen LogP contribution in [0.1, 0.15) is 39.5 Å². The van der Waals surface area contributed by atoms with Gasteiger partial charge < -0.3 is 0 Å². The van der Waals surface area contributed by atoms with E-state index in [2.05, 4.69) is 13.8 Å². The molecule has 16 heavy (non-hydrogen) atoms. The maximum atomic E-state index is 2.36. The van der Waals surface area contributed by atoms with Crippen LogP contribution in [0.15, 0.2) is 11.1 Å². The molecule has 0 aliphatic heterocycles. The quantitative estimate of drug-likeness (QED) is 0.424. The molecule has 5 rings (SSSR count). The Hall–Kier alpha value is -0.260. The molecule has 0 aromatic heterocycles. The second kappa shape index (κ2) is 2.44. The van der Waals surface area contributed by atoms with Crippen LogP contribution in [0.5, 0.6) is 0 Å². The van der Waals surface area contributed by atoms with Gasteiger partial charge in [-0.15, -0.1) is 0 Å². The first kappa shape index (κ1) is 8.78. The second-order valence-corrected chi connectivity index (χ2v) is 7.61. The van der Waals surface area contributed by atoms with E-state index in [1.54, 1.807) is 24.8 Å². The molecule has 0 saturated heterocycles. The van der Waals surface area contributed by atoms with Crippen molar-refractivity contribution in [3.63, 3.8) is 0 Å². The lowest BCUT2D eigenvalue weighted by Gasteiger charge is -2.36. The molecule has 86 valence electrons. The van der Waals surface area contributed by atoms with E-state index in [0.717, 1.165) is 17.8 Å². The molecular weight excluding hydrogens is 192 g/mol. The van der Waals surface area contributed by atoms with Gasteiger partial charge in [-0.05, 0) is 86.9 Å². The third kappa shape index (κ3) is 0.772. The molecule has 0 amide bonds. The van der Waals surface area contributed by atoms with E-state index in [-0.39, 0.29) is 0 Å². The van der Waals surface area contributed by atoms with Crippen LogP contribution in [0.25, 0.3) is 0 Å². The predicted octanol–water partition coefficient (Wildman–Crippen LogP) is 3.88. The van der Waals surface area contributed by atoms with Crippen molar-refractivity contribution in [3.05, 3.63) is 11.1 Å². The largest absolute Gasteiger partial charge is 0.0769 e. The van der Waals surface area contributed by atoms with Gasteiger partial charge in [0.2, 0.25) is 0 Å². The van der Waals surface area contributed by atoms with Crippen LogP contribution in [-0.2, 0) is 0 Å². The topological polar surface area (TPSA) is 0 Å². The van der Waals surface area contributed by atoms with Gasteiger partial charge in [-0.2, -0.15) is 0 Å². The van der Waals surface area contributed by atoms with Crippen molar-refractivity contribution < 1.29 is 0 Å². The maximum absolute atomic E-state index is 2.36. The SMILES string of the molecule is CC(C)=C1CC2CC1C1C3CC(C4CC43)C21. The lowest BCUT2D eigenvalue weighted by molar-refractivity contribution is 0.164. The lowest BCUT2D eigenvalue weighted by atomic mass is 9.69. The summed E-state index contributed by atoms with van der Waals surface area (Å²) >= 11 is 0. The van der Waals surface area contributed by atoms with Crippen LogP contribution >= 0.6 is 0 Å². The normalized spacial score (nSPS) is 63.8. The maximum Gasteiger partial charge on any atom is -0.0164 e. The molecule has 8 atom stereocenters. The summed E-state index contributed by atoms with van der Waals surface area (Å²) in [5.74, 6) is 9.36. The fourth-order valence-electron chi connectivity index (χ4n) is 6.81. The minimum Gasteiger partial charge on any atom is -0.0769 e. The first-order chi connectivity index (χ1) is 7.75. The van der Waals surface area contributed by atoms with Gasteiger partial charge in [-0.1, -0.05) is 11.1 Å². The second-order valence-electron chi connectivity index (χ2n) is 7.61. The predicted molar refractivity (Wildman–Crippen MR) is 64.8 cm³/mol. The standard InChI is InChI=1S/C16H22/c1-7(2)9-3-8-4-12(9)16-14-6-13(15(8)16)10-5-11(10)14/h8,10-16H,3-6H2,1-2H3. The molecule has 5 aliphatic rings. The third-order valence-electron chi connectivity index (χ3n) is 7.11. The van der Waals surface area contributed by atoms with Gasteiger partial charge in [0.15, 0.2) is 0 Å². The van der Waals surface area contributed by atoms with Crippen molar-refractivity contribution in [2.75, 3.05) is 0 Å². The van der Waals surface area contributed by atoms with Gasteiger partial charge in [0, 0.05) is 0 Å². The molecule has 5 saturated carbocycles. The highest BCUT2D eigenvalue weighted by Gasteiger charge is 2.71. The molecule has 0 N–H and O–H groups in total. The Morgan fingerprint density at radius 1 is 0.875 bits per heavy atom. The van der Waals surface area contributed by atoms with E-state index in [1.165, 1.54) is 36.0 Å². The fraction of sp³-hybridized carbons (Fsp3) is 0.875. The van der Waals surface area contributed by atoms with E-state index in [0.29, 0.717) is 0 Å². The van der Waals surface area contributed by atoms with Gasteiger partial charge in [-0.25, -0.2) is 0 Å². The molecular formula is C16H22. The smallest absolute Gasteiger partial charge is 0.0164 e. The van der Waals surface area contributed by atoms with Crippen LogP contribution in [0.3, 0.4) is 0 Å². The van der Waals surface area contributed by atoms with E-state index < -0.39 is 0 Å². The average Bonchev–Trinajstić information content (AvgIpc) is 2.69. The monoisotopic (exact) mass is 214 g/mol. The Labute approximate surface area is 98.5 Å². The van der Waals surface area contributed by atoms with Crippen molar-refractivity contribution >= 4 is 0 Å². The Kier molecular flexibility index (Phi) is 1.34. The summed E-state index contributed by atoms with van der Waals surface area (Å²) < 4.78 is 0. The number of hydrogen-bond acceptors (Lipinski definition) is 0. The Bertz CT molecular complexity index is 400. The first-order valence-corrected chi connectivity index (χ1v) is 7.42. The summed E-state index contributed by atoms with van der Waals surface area (Å²) in [7, 11) is 0. The van der Waals surface area contributed by atoms with E-state index >= 15 is 0 Å². The van der Waals surface area contributed by atoms with Gasteiger partial charge in [-0.3, -0.25) is 0 Å². The van der Waals surface area contributed by atoms with Crippen molar-refractivity contribution in [3.8, 4) is 0 Å². The highest BCUT2D eigenvalue weighted by atomic mass is 14.8. The first-order valence-electron chi connectivity index (χ1n) is 7.42. The molecule has 0 aromatic rings. The Morgan fingerprint density at radius 3 is 2.31 bits per heavy atom. The van der Waals surface area contributed by atoms with Crippen LogP contribution in [0.4, 0.5) is 0 Å². The van der Waals surface area contributed by atoms with Crippen molar-refractivity contribution in [2.24, 2.45) is 47.3 Å². The van der Waals surface area contributed by atoms with Crippen LogP contribution in [0, 0.1) is 47.3 Å². The zero-order valence-electron chi connectivity index (χ0n) is 10.4. The molecule has 8 unspecified atom stereocenters. The van der Waals surface area contributed by atoms with E-state index in [9.17, 15) is 0 Å².